The highest BCUT2D eigenvalue weighted by molar-refractivity contribution is 7.12. The Morgan fingerprint density at radius 2 is 2.11 bits per heavy atom. The van der Waals surface area contributed by atoms with E-state index >= 15 is 0 Å². The van der Waals surface area contributed by atoms with Gasteiger partial charge in [-0.05, 0) is 25.1 Å². The molecule has 3 aromatic rings. The van der Waals surface area contributed by atoms with Crippen molar-refractivity contribution in [2.45, 2.75) is 19.4 Å². The Hall–Kier alpha value is -2.81. The molecule has 1 aliphatic carbocycles. The number of rotatable bonds is 4. The number of fused-ring (bicyclic) bond motifs is 2. The number of thiophene rings is 1. The molecular formula is C18H18N6O2S. The van der Waals surface area contributed by atoms with Crippen molar-refractivity contribution in [2.24, 2.45) is 11.8 Å². The SMILES string of the molecule is Cc1ccc(CC(=O)NC2[C@H]3CN(C(=O)c4cnc5n[nH]nc5c4)C[C@@H]23)s1. The maximum absolute atomic E-state index is 12.7. The summed E-state index contributed by atoms with van der Waals surface area (Å²) in [5.74, 6) is 0.729. The molecule has 27 heavy (non-hydrogen) atoms. The van der Waals surface area contributed by atoms with Crippen LogP contribution in [0.1, 0.15) is 20.1 Å². The van der Waals surface area contributed by atoms with Gasteiger partial charge in [0.05, 0.1) is 12.0 Å². The van der Waals surface area contributed by atoms with Crippen LogP contribution in [0.2, 0.25) is 0 Å². The van der Waals surface area contributed by atoms with Gasteiger partial charge in [-0.2, -0.15) is 10.3 Å². The molecule has 2 N–H and O–H groups in total. The van der Waals surface area contributed by atoms with Crippen LogP contribution in [0.3, 0.4) is 0 Å². The number of nitrogens with one attached hydrogen (secondary N) is 2. The number of nitrogens with zero attached hydrogens (tertiary/aromatic N) is 4. The van der Waals surface area contributed by atoms with Gasteiger partial charge >= 0.3 is 0 Å². The van der Waals surface area contributed by atoms with Crippen LogP contribution < -0.4 is 5.32 Å². The normalized spacial score (nSPS) is 23.4. The Morgan fingerprint density at radius 3 is 2.85 bits per heavy atom. The highest BCUT2D eigenvalue weighted by Gasteiger charge is 2.57. The number of amides is 2. The Bertz CT molecular complexity index is 1030. The van der Waals surface area contributed by atoms with Crippen molar-refractivity contribution in [3.8, 4) is 0 Å². The van der Waals surface area contributed by atoms with Gasteiger partial charge in [0.15, 0.2) is 0 Å². The number of piperidine rings is 1. The van der Waals surface area contributed by atoms with Crippen molar-refractivity contribution < 1.29 is 9.59 Å². The minimum absolute atomic E-state index is 0.0428. The first-order valence-electron chi connectivity index (χ1n) is 8.89. The number of likely N-dealkylation sites (tertiary alicyclic amines) is 1. The Labute approximate surface area is 159 Å². The smallest absolute Gasteiger partial charge is 0.255 e. The van der Waals surface area contributed by atoms with E-state index in [0.717, 1.165) is 4.88 Å². The molecular weight excluding hydrogens is 364 g/mol. The van der Waals surface area contributed by atoms with Crippen molar-refractivity contribution in [1.29, 1.82) is 0 Å². The van der Waals surface area contributed by atoms with Crippen molar-refractivity contribution >= 4 is 34.3 Å². The molecule has 0 aromatic carbocycles. The van der Waals surface area contributed by atoms with Gasteiger partial charge in [-0.25, -0.2) is 4.98 Å². The fourth-order valence-electron chi connectivity index (χ4n) is 3.92. The first-order valence-corrected chi connectivity index (χ1v) is 9.70. The summed E-state index contributed by atoms with van der Waals surface area (Å²) in [4.78, 5) is 33.2. The average molecular weight is 382 g/mol. The lowest BCUT2D eigenvalue weighted by Crippen LogP contribution is -2.37. The van der Waals surface area contributed by atoms with Crippen molar-refractivity contribution in [1.82, 2.24) is 30.6 Å². The third kappa shape index (κ3) is 2.97. The largest absolute Gasteiger partial charge is 0.352 e. The second-order valence-corrected chi connectivity index (χ2v) is 8.58. The number of hydrogen-bond donors (Lipinski definition) is 2. The van der Waals surface area contributed by atoms with Gasteiger partial charge in [0.25, 0.3) is 5.91 Å². The number of pyridine rings is 1. The predicted octanol–water partition coefficient (Wildman–Crippen LogP) is 1.15. The molecule has 138 valence electrons. The zero-order valence-corrected chi connectivity index (χ0v) is 15.5. The quantitative estimate of drug-likeness (QED) is 0.705. The lowest BCUT2D eigenvalue weighted by atomic mass is 10.2. The molecule has 8 nitrogen and oxygen atoms in total. The first kappa shape index (κ1) is 16.4. The standard InChI is InChI=1S/C18H18N6O2S/c1-9-2-3-11(27-9)5-15(25)20-16-12-7-24(8-13(12)16)18(26)10-4-14-17(19-6-10)22-23-21-14/h2-4,6,12-13,16H,5,7-8H2,1H3,(H,20,25)(H,19,21,22,23)/t12-,13+,16?. The van der Waals surface area contributed by atoms with E-state index in [1.807, 2.05) is 24.0 Å². The molecule has 2 aliphatic rings. The number of hydrogen-bond acceptors (Lipinski definition) is 6. The monoisotopic (exact) mass is 382 g/mol. The molecule has 1 unspecified atom stereocenters. The van der Waals surface area contributed by atoms with Gasteiger partial charge in [-0.15, -0.1) is 16.4 Å². The van der Waals surface area contributed by atoms with Crippen molar-refractivity contribution in [3.05, 3.63) is 39.7 Å². The zero-order valence-electron chi connectivity index (χ0n) is 14.7. The third-order valence-electron chi connectivity index (χ3n) is 5.36. The topological polar surface area (TPSA) is 104 Å². The van der Waals surface area contributed by atoms with Crippen LogP contribution in [0.5, 0.6) is 0 Å². The highest BCUT2D eigenvalue weighted by Crippen LogP contribution is 2.45. The molecule has 3 aromatic heterocycles. The minimum atomic E-state index is -0.0428. The van der Waals surface area contributed by atoms with E-state index in [2.05, 4.69) is 25.7 Å². The van der Waals surface area contributed by atoms with Crippen LogP contribution in [-0.4, -0.2) is 56.2 Å². The maximum Gasteiger partial charge on any atom is 0.255 e. The molecule has 5 rings (SSSR count). The summed E-state index contributed by atoms with van der Waals surface area (Å²) in [5.41, 5.74) is 1.60. The van der Waals surface area contributed by atoms with E-state index in [9.17, 15) is 9.59 Å². The Balaban J connectivity index is 1.17. The van der Waals surface area contributed by atoms with Gasteiger partial charge in [0, 0.05) is 46.9 Å². The van der Waals surface area contributed by atoms with Crippen LogP contribution in [0.25, 0.3) is 11.2 Å². The second kappa shape index (κ2) is 6.12. The molecule has 2 fully saturated rings. The van der Waals surface area contributed by atoms with Gasteiger partial charge in [-0.1, -0.05) is 0 Å². The van der Waals surface area contributed by atoms with Crippen LogP contribution in [0, 0.1) is 18.8 Å². The fraction of sp³-hybridized carbons (Fsp3) is 0.389. The number of carbonyl (C=O) groups excluding carboxylic acids is 2. The minimum Gasteiger partial charge on any atom is -0.352 e. The first-order chi connectivity index (χ1) is 13.1. The molecule has 0 spiro atoms. The van der Waals surface area contributed by atoms with E-state index in [4.69, 9.17) is 0 Å². The molecule has 9 heteroatoms. The fourth-order valence-corrected chi connectivity index (χ4v) is 4.81. The van der Waals surface area contributed by atoms with Crippen LogP contribution in [0.15, 0.2) is 24.4 Å². The average Bonchev–Trinajstić information content (AvgIpc) is 3.13. The number of carbonyl (C=O) groups is 2. The summed E-state index contributed by atoms with van der Waals surface area (Å²) in [5, 5.41) is 13.5. The molecule has 0 radical (unpaired) electrons. The number of aryl methyl sites for hydroxylation is 1. The lowest BCUT2D eigenvalue weighted by Gasteiger charge is -2.20. The van der Waals surface area contributed by atoms with Gasteiger partial charge < -0.3 is 10.2 Å². The summed E-state index contributed by atoms with van der Waals surface area (Å²) in [7, 11) is 0. The maximum atomic E-state index is 12.7. The van der Waals surface area contributed by atoms with Gasteiger partial charge in [0.1, 0.15) is 5.52 Å². The summed E-state index contributed by atoms with van der Waals surface area (Å²) in [6.07, 6.45) is 1.97. The summed E-state index contributed by atoms with van der Waals surface area (Å²) in [6.45, 7) is 3.38. The molecule has 0 bridgehead atoms. The van der Waals surface area contributed by atoms with E-state index in [0.29, 0.717) is 48.1 Å². The Morgan fingerprint density at radius 1 is 1.30 bits per heavy atom. The molecule has 3 atom stereocenters. The number of H-pyrrole nitrogens is 1. The van der Waals surface area contributed by atoms with Gasteiger partial charge in [-0.3, -0.25) is 9.59 Å². The Kier molecular flexibility index (Phi) is 3.71. The van der Waals surface area contributed by atoms with E-state index in [1.165, 1.54) is 4.88 Å². The van der Waals surface area contributed by atoms with Crippen molar-refractivity contribution in [2.75, 3.05) is 13.1 Å². The summed E-state index contributed by atoms with van der Waals surface area (Å²) < 4.78 is 0. The van der Waals surface area contributed by atoms with Crippen LogP contribution >= 0.6 is 11.3 Å². The van der Waals surface area contributed by atoms with E-state index < -0.39 is 0 Å². The summed E-state index contributed by atoms with van der Waals surface area (Å²) in [6, 6.07) is 5.94. The molecule has 4 heterocycles. The van der Waals surface area contributed by atoms with Crippen LogP contribution in [-0.2, 0) is 11.2 Å². The third-order valence-corrected chi connectivity index (χ3v) is 6.36. The van der Waals surface area contributed by atoms with E-state index in [-0.39, 0.29) is 17.9 Å². The zero-order chi connectivity index (χ0) is 18.5. The summed E-state index contributed by atoms with van der Waals surface area (Å²) >= 11 is 1.66. The number of aromatic amines is 1. The van der Waals surface area contributed by atoms with Crippen molar-refractivity contribution in [3.63, 3.8) is 0 Å². The van der Waals surface area contributed by atoms with Crippen LogP contribution in [0.4, 0.5) is 0 Å². The molecule has 1 aliphatic heterocycles. The lowest BCUT2D eigenvalue weighted by molar-refractivity contribution is -0.120. The predicted molar refractivity (Wildman–Crippen MR) is 99.3 cm³/mol. The second-order valence-electron chi connectivity index (χ2n) is 7.21. The molecule has 1 saturated carbocycles. The number of aromatic nitrogens is 4. The highest BCUT2D eigenvalue weighted by atomic mass is 32.1. The molecule has 1 saturated heterocycles. The van der Waals surface area contributed by atoms with Gasteiger partial charge in [0.2, 0.25) is 11.6 Å². The van der Waals surface area contributed by atoms with E-state index in [1.54, 1.807) is 23.6 Å². The molecule has 2 amide bonds.